The summed E-state index contributed by atoms with van der Waals surface area (Å²) in [6.07, 6.45) is 2.30. The quantitative estimate of drug-likeness (QED) is 0.730. The lowest BCUT2D eigenvalue weighted by Crippen LogP contribution is -2.39. The second-order valence-electron chi connectivity index (χ2n) is 7.60. The maximum absolute atomic E-state index is 13.5. The Kier molecular flexibility index (Phi) is 3.98. The number of methoxy groups -OCH3 is 2. The van der Waals surface area contributed by atoms with Gasteiger partial charge in [0, 0.05) is 30.1 Å². The van der Waals surface area contributed by atoms with Gasteiger partial charge in [-0.2, -0.15) is 0 Å². The summed E-state index contributed by atoms with van der Waals surface area (Å²) in [4.78, 5) is 13.5. The molecule has 0 amide bonds. The lowest BCUT2D eigenvalue weighted by atomic mass is 9.84. The molecular formula is C23H22O6. The Labute approximate surface area is 169 Å². The maximum Gasteiger partial charge on any atom is 0.197 e. The second-order valence-corrected chi connectivity index (χ2v) is 7.60. The molecule has 4 aliphatic rings. The molecular weight excluding hydrogens is 372 g/mol. The first-order valence-electron chi connectivity index (χ1n) is 9.60. The van der Waals surface area contributed by atoms with Crippen LogP contribution in [0.5, 0.6) is 11.5 Å². The van der Waals surface area contributed by atoms with E-state index in [2.05, 4.69) is 6.58 Å². The van der Waals surface area contributed by atoms with Gasteiger partial charge in [0.05, 0.1) is 25.4 Å². The SMILES string of the molecule is C=C(C)C1Cc2c(ccc3c2OC2COC4=CC(OC)=C(OC)CC4=C2C3=O)O1. The Morgan fingerprint density at radius 2 is 2.03 bits per heavy atom. The Bertz CT molecular complexity index is 1040. The smallest absolute Gasteiger partial charge is 0.197 e. The zero-order valence-corrected chi connectivity index (χ0v) is 16.7. The van der Waals surface area contributed by atoms with Gasteiger partial charge in [-0.3, -0.25) is 4.79 Å². The van der Waals surface area contributed by atoms with Crippen molar-refractivity contribution < 1.29 is 28.5 Å². The van der Waals surface area contributed by atoms with Gasteiger partial charge in [0.25, 0.3) is 0 Å². The van der Waals surface area contributed by atoms with Crippen molar-refractivity contribution in [2.24, 2.45) is 0 Å². The van der Waals surface area contributed by atoms with E-state index in [1.165, 1.54) is 0 Å². The summed E-state index contributed by atoms with van der Waals surface area (Å²) in [6.45, 7) is 6.20. The van der Waals surface area contributed by atoms with Crippen LogP contribution in [0.15, 0.2) is 58.8 Å². The van der Waals surface area contributed by atoms with Crippen LogP contribution < -0.4 is 9.47 Å². The summed E-state index contributed by atoms with van der Waals surface area (Å²) in [5.74, 6) is 3.24. The molecule has 1 aliphatic carbocycles. The molecule has 29 heavy (non-hydrogen) atoms. The van der Waals surface area contributed by atoms with Crippen LogP contribution in [0.25, 0.3) is 0 Å². The minimum atomic E-state index is -0.459. The molecule has 0 saturated heterocycles. The van der Waals surface area contributed by atoms with Gasteiger partial charge in [0.2, 0.25) is 0 Å². The first-order valence-corrected chi connectivity index (χ1v) is 9.60. The van der Waals surface area contributed by atoms with Crippen LogP contribution in [0.2, 0.25) is 0 Å². The number of ketones is 1. The molecule has 0 saturated carbocycles. The number of carbonyl (C=O) groups excluding carboxylic acids is 1. The topological polar surface area (TPSA) is 63.2 Å². The Hall–Kier alpha value is -3.15. The summed E-state index contributed by atoms with van der Waals surface area (Å²) in [5, 5.41) is 0. The summed E-state index contributed by atoms with van der Waals surface area (Å²) in [7, 11) is 3.18. The van der Waals surface area contributed by atoms with Crippen molar-refractivity contribution in [3.05, 3.63) is 69.9 Å². The first kappa shape index (κ1) is 17.9. The number of benzene rings is 1. The van der Waals surface area contributed by atoms with Crippen LogP contribution in [0.1, 0.15) is 29.3 Å². The fraction of sp³-hybridized carbons (Fsp3) is 0.348. The molecule has 0 fully saturated rings. The molecule has 3 heterocycles. The van der Waals surface area contributed by atoms with Gasteiger partial charge in [-0.05, 0) is 24.6 Å². The molecule has 6 heteroatoms. The van der Waals surface area contributed by atoms with E-state index in [1.54, 1.807) is 26.4 Å². The second kappa shape index (κ2) is 6.44. The monoisotopic (exact) mass is 394 g/mol. The van der Waals surface area contributed by atoms with Crippen LogP contribution in [0, 0.1) is 0 Å². The van der Waals surface area contributed by atoms with E-state index in [-0.39, 0.29) is 18.5 Å². The number of fused-ring (bicyclic) bond motifs is 5. The van der Waals surface area contributed by atoms with Crippen molar-refractivity contribution in [1.29, 1.82) is 0 Å². The van der Waals surface area contributed by atoms with Crippen molar-refractivity contribution in [3.63, 3.8) is 0 Å². The van der Waals surface area contributed by atoms with E-state index in [9.17, 15) is 4.79 Å². The molecule has 3 aliphatic heterocycles. The third-order valence-corrected chi connectivity index (χ3v) is 5.85. The van der Waals surface area contributed by atoms with Crippen LogP contribution in [0.4, 0.5) is 0 Å². The molecule has 6 nitrogen and oxygen atoms in total. The highest BCUT2D eigenvalue weighted by molar-refractivity contribution is 6.13. The summed E-state index contributed by atoms with van der Waals surface area (Å²) >= 11 is 0. The molecule has 0 radical (unpaired) electrons. The van der Waals surface area contributed by atoms with Gasteiger partial charge < -0.3 is 23.7 Å². The van der Waals surface area contributed by atoms with Gasteiger partial charge >= 0.3 is 0 Å². The molecule has 2 unspecified atom stereocenters. The number of ether oxygens (including phenoxy) is 5. The van der Waals surface area contributed by atoms with Crippen molar-refractivity contribution in [2.45, 2.75) is 32.0 Å². The third kappa shape index (κ3) is 2.58. The highest BCUT2D eigenvalue weighted by Gasteiger charge is 2.43. The van der Waals surface area contributed by atoms with E-state index in [4.69, 9.17) is 23.7 Å². The summed E-state index contributed by atoms with van der Waals surface area (Å²) in [6, 6.07) is 3.64. The van der Waals surface area contributed by atoms with Crippen LogP contribution >= 0.6 is 0 Å². The number of rotatable bonds is 3. The number of hydrogen-bond donors (Lipinski definition) is 0. The highest BCUT2D eigenvalue weighted by Crippen LogP contribution is 2.47. The Balaban J connectivity index is 1.59. The third-order valence-electron chi connectivity index (χ3n) is 5.85. The fourth-order valence-corrected chi connectivity index (χ4v) is 4.31. The van der Waals surface area contributed by atoms with E-state index in [1.807, 2.05) is 13.0 Å². The maximum atomic E-state index is 13.5. The predicted molar refractivity (Wildman–Crippen MR) is 105 cm³/mol. The Morgan fingerprint density at radius 1 is 1.21 bits per heavy atom. The molecule has 150 valence electrons. The van der Waals surface area contributed by atoms with Gasteiger partial charge in [-0.15, -0.1) is 0 Å². The van der Waals surface area contributed by atoms with Gasteiger partial charge in [-0.1, -0.05) is 6.58 Å². The number of hydrogen-bond acceptors (Lipinski definition) is 6. The molecule has 1 aromatic carbocycles. The normalized spacial score (nSPS) is 24.2. The van der Waals surface area contributed by atoms with Crippen molar-refractivity contribution in [2.75, 3.05) is 20.8 Å². The standard InChI is InChI=1S/C23H22O6/c1-11(2)16-8-14-15(28-16)6-5-12-22(24)21-13-7-18(25-3)19(26-4)9-17(13)27-10-20(21)29-23(12)14/h5-6,9,16,20H,1,7-8,10H2,2-4H3. The number of allylic oxidation sites excluding steroid dienone is 3. The first-order chi connectivity index (χ1) is 14.0. The van der Waals surface area contributed by atoms with E-state index >= 15 is 0 Å². The molecule has 0 aromatic heterocycles. The highest BCUT2D eigenvalue weighted by atomic mass is 16.5. The van der Waals surface area contributed by atoms with Gasteiger partial charge in [-0.25, -0.2) is 0 Å². The molecule has 0 bridgehead atoms. The summed E-state index contributed by atoms with van der Waals surface area (Å²) in [5.41, 5.74) is 3.87. The number of carbonyl (C=O) groups is 1. The summed E-state index contributed by atoms with van der Waals surface area (Å²) < 4.78 is 29.1. The Morgan fingerprint density at radius 3 is 2.76 bits per heavy atom. The van der Waals surface area contributed by atoms with Crippen molar-refractivity contribution in [1.82, 2.24) is 0 Å². The van der Waals surface area contributed by atoms with Crippen LogP contribution in [0.3, 0.4) is 0 Å². The lowest BCUT2D eigenvalue weighted by molar-refractivity contribution is 0.0717. The zero-order chi connectivity index (χ0) is 20.3. The van der Waals surface area contributed by atoms with E-state index < -0.39 is 6.10 Å². The van der Waals surface area contributed by atoms with E-state index in [0.29, 0.717) is 47.0 Å². The minimum absolute atomic E-state index is 0.0293. The largest absolute Gasteiger partial charge is 0.497 e. The van der Waals surface area contributed by atoms with Crippen molar-refractivity contribution in [3.8, 4) is 11.5 Å². The van der Waals surface area contributed by atoms with Crippen molar-refractivity contribution >= 4 is 5.78 Å². The molecule has 2 atom stereocenters. The van der Waals surface area contributed by atoms with E-state index in [0.717, 1.165) is 22.5 Å². The average Bonchev–Trinajstić information content (AvgIpc) is 3.17. The van der Waals surface area contributed by atoms with Crippen LogP contribution in [-0.4, -0.2) is 38.8 Å². The molecule has 0 spiro atoms. The van der Waals surface area contributed by atoms with Gasteiger partial charge in [0.1, 0.15) is 35.7 Å². The number of Topliss-reactive ketones (excluding diaryl/α,β-unsaturated/α-hetero) is 1. The zero-order valence-electron chi connectivity index (χ0n) is 16.7. The lowest BCUT2D eigenvalue weighted by Gasteiger charge is -2.36. The molecule has 0 N–H and O–H groups in total. The predicted octanol–water partition coefficient (Wildman–Crippen LogP) is 3.63. The minimum Gasteiger partial charge on any atom is -0.497 e. The molecule has 1 aromatic rings. The molecule has 5 rings (SSSR count). The average molecular weight is 394 g/mol. The van der Waals surface area contributed by atoms with Gasteiger partial charge in [0.15, 0.2) is 17.6 Å². The van der Waals surface area contributed by atoms with Crippen LogP contribution in [-0.2, 0) is 20.6 Å². The fourth-order valence-electron chi connectivity index (χ4n) is 4.31.